The summed E-state index contributed by atoms with van der Waals surface area (Å²) >= 11 is 0. The molecule has 22 heavy (non-hydrogen) atoms. The molecule has 0 saturated carbocycles. The standard InChI is InChI=1S/C14H19F3N2O3/c1-13(2,3)22-12(20)19-8-11(18)9-5-4-6-10(7-9)21-14(15,16)17/h4-7,11H,8,18H2,1-3H3,(H,19,20)/t11-/m1/s1. The first-order chi connectivity index (χ1) is 9.96. The Morgan fingerprint density at radius 2 is 1.95 bits per heavy atom. The van der Waals surface area contributed by atoms with Crippen molar-refractivity contribution >= 4 is 6.09 Å². The first kappa shape index (κ1) is 18.1. The molecule has 1 atom stereocenters. The number of carbonyl (C=O) groups is 1. The SMILES string of the molecule is CC(C)(C)OC(=O)NC[C@@H](N)c1cccc(OC(F)(F)F)c1. The number of nitrogens with one attached hydrogen (secondary N) is 1. The van der Waals surface area contributed by atoms with Gasteiger partial charge in [0.05, 0.1) is 0 Å². The van der Waals surface area contributed by atoms with Crippen LogP contribution < -0.4 is 15.8 Å². The van der Waals surface area contributed by atoms with Crippen LogP contribution in [0.3, 0.4) is 0 Å². The van der Waals surface area contributed by atoms with E-state index in [1.807, 2.05) is 0 Å². The van der Waals surface area contributed by atoms with Crippen molar-refractivity contribution in [3.8, 4) is 5.75 Å². The van der Waals surface area contributed by atoms with Gasteiger partial charge in [0, 0.05) is 12.6 Å². The summed E-state index contributed by atoms with van der Waals surface area (Å²) in [5.41, 5.74) is 5.59. The lowest BCUT2D eigenvalue weighted by Gasteiger charge is -2.21. The fraction of sp³-hybridized carbons (Fsp3) is 0.500. The van der Waals surface area contributed by atoms with E-state index in [2.05, 4.69) is 10.1 Å². The Kier molecular flexibility index (Phi) is 5.65. The Labute approximate surface area is 126 Å². The smallest absolute Gasteiger partial charge is 0.444 e. The highest BCUT2D eigenvalue weighted by Crippen LogP contribution is 2.24. The van der Waals surface area contributed by atoms with Gasteiger partial charge in [0.2, 0.25) is 0 Å². The Morgan fingerprint density at radius 1 is 1.32 bits per heavy atom. The summed E-state index contributed by atoms with van der Waals surface area (Å²) in [4.78, 5) is 11.5. The lowest BCUT2D eigenvalue weighted by Crippen LogP contribution is -2.36. The molecule has 0 heterocycles. The molecule has 0 aliphatic carbocycles. The molecule has 8 heteroatoms. The quantitative estimate of drug-likeness (QED) is 0.894. The Hall–Kier alpha value is -1.96. The number of halogens is 3. The zero-order valence-corrected chi connectivity index (χ0v) is 12.5. The minimum absolute atomic E-state index is 0.0182. The van der Waals surface area contributed by atoms with Gasteiger partial charge in [-0.15, -0.1) is 13.2 Å². The predicted molar refractivity (Wildman–Crippen MR) is 74.3 cm³/mol. The van der Waals surface area contributed by atoms with E-state index < -0.39 is 24.1 Å². The highest BCUT2D eigenvalue weighted by molar-refractivity contribution is 5.67. The summed E-state index contributed by atoms with van der Waals surface area (Å²) in [5, 5.41) is 2.46. The van der Waals surface area contributed by atoms with Gasteiger partial charge in [-0.2, -0.15) is 0 Å². The Balaban J connectivity index is 2.61. The van der Waals surface area contributed by atoms with Gasteiger partial charge in [-0.1, -0.05) is 12.1 Å². The third kappa shape index (κ3) is 7.16. The van der Waals surface area contributed by atoms with Crippen LogP contribution in [0.15, 0.2) is 24.3 Å². The number of benzene rings is 1. The maximum atomic E-state index is 12.2. The lowest BCUT2D eigenvalue weighted by atomic mass is 10.1. The molecule has 0 fully saturated rings. The van der Waals surface area contributed by atoms with Gasteiger partial charge < -0.3 is 20.5 Å². The van der Waals surface area contributed by atoms with Crippen LogP contribution in [0.5, 0.6) is 5.75 Å². The van der Waals surface area contributed by atoms with Gasteiger partial charge in [0.25, 0.3) is 0 Å². The van der Waals surface area contributed by atoms with Crippen molar-refractivity contribution in [1.29, 1.82) is 0 Å². The molecule has 5 nitrogen and oxygen atoms in total. The Bertz CT molecular complexity index is 513. The third-order valence-electron chi connectivity index (χ3n) is 2.39. The van der Waals surface area contributed by atoms with E-state index in [4.69, 9.17) is 10.5 Å². The number of hydrogen-bond donors (Lipinski definition) is 2. The van der Waals surface area contributed by atoms with E-state index in [9.17, 15) is 18.0 Å². The summed E-state index contributed by atoms with van der Waals surface area (Å²) in [6, 6.07) is 4.60. The molecule has 0 bridgehead atoms. The number of rotatable bonds is 4. The summed E-state index contributed by atoms with van der Waals surface area (Å²) in [6.07, 6.45) is -5.41. The van der Waals surface area contributed by atoms with Gasteiger partial charge in [0.15, 0.2) is 0 Å². The zero-order valence-electron chi connectivity index (χ0n) is 12.5. The average molecular weight is 320 g/mol. The minimum atomic E-state index is -4.77. The summed E-state index contributed by atoms with van der Waals surface area (Å²) in [5.74, 6) is -0.363. The highest BCUT2D eigenvalue weighted by Gasteiger charge is 2.31. The fourth-order valence-electron chi connectivity index (χ4n) is 1.57. The minimum Gasteiger partial charge on any atom is -0.444 e. The van der Waals surface area contributed by atoms with Crippen molar-refractivity contribution in [3.05, 3.63) is 29.8 Å². The van der Waals surface area contributed by atoms with Crippen molar-refractivity contribution in [3.63, 3.8) is 0 Å². The number of ether oxygens (including phenoxy) is 2. The predicted octanol–water partition coefficient (Wildman–Crippen LogP) is 3.11. The average Bonchev–Trinajstić information content (AvgIpc) is 2.32. The largest absolute Gasteiger partial charge is 0.573 e. The van der Waals surface area contributed by atoms with Crippen LogP contribution >= 0.6 is 0 Å². The van der Waals surface area contributed by atoms with Crippen LogP contribution in [0.4, 0.5) is 18.0 Å². The van der Waals surface area contributed by atoms with Crippen LogP contribution in [0.2, 0.25) is 0 Å². The summed E-state index contributed by atoms with van der Waals surface area (Å²) in [6.45, 7) is 5.16. The number of hydrogen-bond acceptors (Lipinski definition) is 4. The topological polar surface area (TPSA) is 73.6 Å². The molecule has 1 rings (SSSR count). The molecule has 0 unspecified atom stereocenters. The van der Waals surface area contributed by atoms with E-state index in [1.54, 1.807) is 26.8 Å². The molecule has 0 aliphatic heterocycles. The molecule has 1 aromatic carbocycles. The van der Waals surface area contributed by atoms with Crippen LogP contribution in [0.25, 0.3) is 0 Å². The van der Waals surface area contributed by atoms with Gasteiger partial charge in [-0.3, -0.25) is 0 Å². The molecule has 1 amide bonds. The monoisotopic (exact) mass is 320 g/mol. The first-order valence-electron chi connectivity index (χ1n) is 6.54. The number of carbonyl (C=O) groups excluding carboxylic acids is 1. The van der Waals surface area contributed by atoms with E-state index in [0.717, 1.165) is 0 Å². The third-order valence-corrected chi connectivity index (χ3v) is 2.39. The molecular weight excluding hydrogens is 301 g/mol. The van der Waals surface area contributed by atoms with E-state index in [0.29, 0.717) is 5.56 Å². The second-order valence-corrected chi connectivity index (χ2v) is 5.61. The fourth-order valence-corrected chi connectivity index (χ4v) is 1.57. The number of nitrogens with two attached hydrogens (primary N) is 1. The number of amides is 1. The second kappa shape index (κ2) is 6.87. The Morgan fingerprint density at radius 3 is 2.50 bits per heavy atom. The highest BCUT2D eigenvalue weighted by atomic mass is 19.4. The maximum Gasteiger partial charge on any atom is 0.573 e. The molecular formula is C14H19F3N2O3. The molecule has 124 valence electrons. The normalized spacial score (nSPS) is 13.4. The number of alkyl halides is 3. The van der Waals surface area contributed by atoms with Gasteiger partial charge >= 0.3 is 12.5 Å². The van der Waals surface area contributed by atoms with Crippen molar-refractivity contribution in [1.82, 2.24) is 5.32 Å². The van der Waals surface area contributed by atoms with Crippen LogP contribution in [0, 0.1) is 0 Å². The molecule has 0 spiro atoms. The van der Waals surface area contributed by atoms with Crippen molar-refractivity contribution in [2.75, 3.05) is 6.54 Å². The van der Waals surface area contributed by atoms with Crippen molar-refractivity contribution in [2.24, 2.45) is 5.73 Å². The van der Waals surface area contributed by atoms with Crippen molar-refractivity contribution in [2.45, 2.75) is 38.8 Å². The van der Waals surface area contributed by atoms with Gasteiger partial charge in [0.1, 0.15) is 11.4 Å². The summed E-state index contributed by atoms with van der Waals surface area (Å²) < 4.78 is 45.3. The molecule has 0 aromatic heterocycles. The molecule has 1 aromatic rings. The van der Waals surface area contributed by atoms with Crippen molar-refractivity contribution < 1.29 is 27.4 Å². The van der Waals surface area contributed by atoms with E-state index >= 15 is 0 Å². The summed E-state index contributed by atoms with van der Waals surface area (Å²) in [7, 11) is 0. The lowest BCUT2D eigenvalue weighted by molar-refractivity contribution is -0.274. The van der Waals surface area contributed by atoms with Crippen LogP contribution in [0.1, 0.15) is 32.4 Å². The first-order valence-corrected chi connectivity index (χ1v) is 6.54. The maximum absolute atomic E-state index is 12.2. The van der Waals surface area contributed by atoms with E-state index in [1.165, 1.54) is 18.2 Å². The molecule has 0 radical (unpaired) electrons. The molecule has 3 N–H and O–H groups in total. The van der Waals surface area contributed by atoms with E-state index in [-0.39, 0.29) is 12.3 Å². The van der Waals surface area contributed by atoms with Gasteiger partial charge in [-0.05, 0) is 38.5 Å². The van der Waals surface area contributed by atoms with Crippen LogP contribution in [-0.4, -0.2) is 24.6 Å². The van der Waals surface area contributed by atoms with Crippen LogP contribution in [-0.2, 0) is 4.74 Å². The second-order valence-electron chi connectivity index (χ2n) is 5.61. The number of alkyl carbamates (subject to hydrolysis) is 1. The zero-order chi connectivity index (χ0) is 17.0. The van der Waals surface area contributed by atoms with Gasteiger partial charge in [-0.25, -0.2) is 4.79 Å². The molecule has 0 aliphatic rings. The molecule has 0 saturated heterocycles.